The molecule has 5 heteroatoms. The van der Waals surface area contributed by atoms with Gasteiger partial charge in [-0.15, -0.1) is 0 Å². The van der Waals surface area contributed by atoms with Gasteiger partial charge in [0.05, 0.1) is 11.3 Å². The average molecular weight is 275 g/mol. The van der Waals surface area contributed by atoms with E-state index in [1.807, 2.05) is 19.9 Å². The van der Waals surface area contributed by atoms with Gasteiger partial charge in [0, 0.05) is 11.0 Å². The normalized spacial score (nSPS) is 21.4. The second kappa shape index (κ2) is 4.89. The number of allylic oxidation sites excluding steroid dienone is 1. The van der Waals surface area contributed by atoms with Crippen molar-refractivity contribution in [2.75, 3.05) is 0 Å². The topological polar surface area (TPSA) is 51.8 Å². The Balaban J connectivity index is 1.88. The van der Waals surface area contributed by atoms with Gasteiger partial charge in [-0.05, 0) is 50.6 Å². The zero-order valence-corrected chi connectivity index (χ0v) is 12.3. The lowest BCUT2D eigenvalue weighted by molar-refractivity contribution is 0.410. The predicted octanol–water partition coefficient (Wildman–Crippen LogP) is 4.01. The highest BCUT2D eigenvalue weighted by Crippen LogP contribution is 2.32. The van der Waals surface area contributed by atoms with Crippen molar-refractivity contribution in [2.24, 2.45) is 5.92 Å². The van der Waals surface area contributed by atoms with Gasteiger partial charge in [-0.1, -0.05) is 17.7 Å². The fourth-order valence-electron chi connectivity index (χ4n) is 2.59. The van der Waals surface area contributed by atoms with Crippen molar-refractivity contribution in [2.45, 2.75) is 40.0 Å². The Kier molecular flexibility index (Phi) is 3.22. The second-order valence-electron chi connectivity index (χ2n) is 5.31. The zero-order chi connectivity index (χ0) is 13.4. The number of aryl methyl sites for hydroxylation is 2. The van der Waals surface area contributed by atoms with E-state index in [1.165, 1.54) is 23.5 Å². The molecule has 0 amide bonds. The van der Waals surface area contributed by atoms with Crippen molar-refractivity contribution in [3.63, 3.8) is 0 Å². The Morgan fingerprint density at radius 1 is 1.37 bits per heavy atom. The van der Waals surface area contributed by atoms with Gasteiger partial charge >= 0.3 is 0 Å². The smallest absolute Gasteiger partial charge is 0.250 e. The average Bonchev–Trinajstić information content (AvgIpc) is 3.04. The largest absolute Gasteiger partial charge is 0.334 e. The Hall–Kier alpha value is -1.49. The molecular weight excluding hydrogens is 258 g/mol. The third kappa shape index (κ3) is 2.47. The van der Waals surface area contributed by atoms with E-state index in [0.29, 0.717) is 11.7 Å². The maximum absolute atomic E-state index is 5.33. The summed E-state index contributed by atoms with van der Waals surface area (Å²) in [5.41, 5.74) is 3.40. The van der Waals surface area contributed by atoms with E-state index < -0.39 is 0 Å². The summed E-state index contributed by atoms with van der Waals surface area (Å²) in [6.07, 6.45) is 5.61. The summed E-state index contributed by atoms with van der Waals surface area (Å²) in [5, 5.41) is 4.08. The third-order valence-corrected chi connectivity index (χ3v) is 4.44. The SMILES string of the molecule is Cc1nsc(C)c1-c1noc(/C=C2/CCC(C)C2)n1. The molecule has 4 nitrogen and oxygen atoms in total. The highest BCUT2D eigenvalue weighted by molar-refractivity contribution is 7.06. The maximum atomic E-state index is 5.33. The van der Waals surface area contributed by atoms with Gasteiger partial charge in [-0.2, -0.15) is 9.36 Å². The van der Waals surface area contributed by atoms with E-state index in [0.717, 1.165) is 34.9 Å². The molecule has 0 aromatic carbocycles. The van der Waals surface area contributed by atoms with Gasteiger partial charge in [-0.25, -0.2) is 0 Å². The van der Waals surface area contributed by atoms with E-state index in [4.69, 9.17) is 4.52 Å². The highest BCUT2D eigenvalue weighted by Gasteiger charge is 2.18. The molecule has 3 rings (SSSR count). The molecule has 0 saturated heterocycles. The molecule has 0 aliphatic heterocycles. The van der Waals surface area contributed by atoms with Crippen LogP contribution in [-0.4, -0.2) is 14.5 Å². The molecule has 1 saturated carbocycles. The molecule has 1 aliphatic carbocycles. The lowest BCUT2D eigenvalue weighted by Gasteiger charge is -1.94. The molecule has 0 N–H and O–H groups in total. The van der Waals surface area contributed by atoms with Crippen molar-refractivity contribution in [3.8, 4) is 11.4 Å². The first-order valence-corrected chi connectivity index (χ1v) is 7.37. The van der Waals surface area contributed by atoms with Crippen molar-refractivity contribution in [3.05, 3.63) is 22.0 Å². The quantitative estimate of drug-likeness (QED) is 0.830. The monoisotopic (exact) mass is 275 g/mol. The number of nitrogens with zero attached hydrogens (tertiary/aromatic N) is 3. The lowest BCUT2D eigenvalue weighted by atomic mass is 10.1. The second-order valence-corrected chi connectivity index (χ2v) is 6.28. The third-order valence-electron chi connectivity index (χ3n) is 3.60. The van der Waals surface area contributed by atoms with Crippen LogP contribution < -0.4 is 0 Å². The van der Waals surface area contributed by atoms with Crippen LogP contribution in [0.2, 0.25) is 0 Å². The van der Waals surface area contributed by atoms with E-state index in [1.54, 1.807) is 0 Å². The summed E-state index contributed by atoms with van der Waals surface area (Å²) in [6.45, 7) is 6.29. The Morgan fingerprint density at radius 3 is 2.84 bits per heavy atom. The van der Waals surface area contributed by atoms with Crippen LogP contribution in [0.3, 0.4) is 0 Å². The van der Waals surface area contributed by atoms with Crippen LogP contribution in [0.25, 0.3) is 17.5 Å². The Morgan fingerprint density at radius 2 is 2.21 bits per heavy atom. The van der Waals surface area contributed by atoms with Gasteiger partial charge in [-0.3, -0.25) is 0 Å². The van der Waals surface area contributed by atoms with Crippen molar-refractivity contribution in [1.29, 1.82) is 0 Å². The van der Waals surface area contributed by atoms with Gasteiger partial charge in [0.2, 0.25) is 5.82 Å². The van der Waals surface area contributed by atoms with Crippen LogP contribution in [0, 0.1) is 19.8 Å². The molecule has 2 heterocycles. The first-order valence-electron chi connectivity index (χ1n) is 6.60. The number of aromatic nitrogens is 3. The zero-order valence-electron chi connectivity index (χ0n) is 11.4. The summed E-state index contributed by atoms with van der Waals surface area (Å²) in [6, 6.07) is 0. The Labute approximate surface area is 116 Å². The van der Waals surface area contributed by atoms with Crippen molar-refractivity contribution < 1.29 is 4.52 Å². The molecule has 1 unspecified atom stereocenters. The van der Waals surface area contributed by atoms with Gasteiger partial charge in [0.1, 0.15) is 0 Å². The van der Waals surface area contributed by atoms with Crippen molar-refractivity contribution in [1.82, 2.24) is 14.5 Å². The minimum absolute atomic E-state index is 0.615. The Bertz CT molecular complexity index is 607. The lowest BCUT2D eigenvalue weighted by Crippen LogP contribution is -1.84. The van der Waals surface area contributed by atoms with Crippen molar-refractivity contribution >= 4 is 17.6 Å². The molecule has 0 spiro atoms. The van der Waals surface area contributed by atoms with Crippen LogP contribution in [0.1, 0.15) is 42.6 Å². The number of hydrogen-bond donors (Lipinski definition) is 0. The highest BCUT2D eigenvalue weighted by atomic mass is 32.1. The molecule has 0 radical (unpaired) electrons. The van der Waals surface area contributed by atoms with Gasteiger partial charge < -0.3 is 4.52 Å². The number of hydrogen-bond acceptors (Lipinski definition) is 5. The van der Waals surface area contributed by atoms with Crippen LogP contribution in [0.4, 0.5) is 0 Å². The van der Waals surface area contributed by atoms with E-state index >= 15 is 0 Å². The first kappa shape index (κ1) is 12.5. The number of rotatable bonds is 2. The van der Waals surface area contributed by atoms with E-state index in [2.05, 4.69) is 21.4 Å². The summed E-state index contributed by atoms with van der Waals surface area (Å²) in [5.74, 6) is 2.05. The molecule has 19 heavy (non-hydrogen) atoms. The standard InChI is InChI=1S/C14H17N3OS/c1-8-4-5-11(6-8)7-12-15-14(16-18-12)13-9(2)17-19-10(13)3/h7-8H,4-6H2,1-3H3/b11-7-. The summed E-state index contributed by atoms with van der Waals surface area (Å²) in [7, 11) is 0. The summed E-state index contributed by atoms with van der Waals surface area (Å²) in [4.78, 5) is 5.61. The molecule has 2 aromatic rings. The molecule has 1 aliphatic rings. The minimum atomic E-state index is 0.615. The predicted molar refractivity (Wildman–Crippen MR) is 75.9 cm³/mol. The molecule has 2 aromatic heterocycles. The summed E-state index contributed by atoms with van der Waals surface area (Å²) < 4.78 is 9.65. The first-order chi connectivity index (χ1) is 9.13. The van der Waals surface area contributed by atoms with Gasteiger partial charge in [0.25, 0.3) is 5.89 Å². The van der Waals surface area contributed by atoms with Crippen LogP contribution in [0.15, 0.2) is 10.1 Å². The minimum Gasteiger partial charge on any atom is -0.334 e. The fourth-order valence-corrected chi connectivity index (χ4v) is 3.28. The molecule has 1 atom stereocenters. The van der Waals surface area contributed by atoms with E-state index in [9.17, 15) is 0 Å². The summed E-state index contributed by atoms with van der Waals surface area (Å²) >= 11 is 1.48. The molecule has 1 fully saturated rings. The maximum Gasteiger partial charge on any atom is 0.250 e. The molecular formula is C14H17N3OS. The molecule has 0 bridgehead atoms. The van der Waals surface area contributed by atoms with Crippen LogP contribution >= 0.6 is 11.5 Å². The van der Waals surface area contributed by atoms with Crippen LogP contribution in [-0.2, 0) is 0 Å². The van der Waals surface area contributed by atoms with Gasteiger partial charge in [0.15, 0.2) is 0 Å². The molecule has 100 valence electrons. The van der Waals surface area contributed by atoms with Crippen LogP contribution in [0.5, 0.6) is 0 Å². The van der Waals surface area contributed by atoms with E-state index in [-0.39, 0.29) is 0 Å². The fraction of sp³-hybridized carbons (Fsp3) is 0.500.